The second-order valence-electron chi connectivity index (χ2n) is 3.01. The van der Waals surface area contributed by atoms with Crippen LogP contribution in [0.1, 0.15) is 5.76 Å². The third-order valence-electron chi connectivity index (χ3n) is 2.03. The van der Waals surface area contributed by atoms with Crippen molar-refractivity contribution in [2.45, 2.75) is 6.42 Å². The van der Waals surface area contributed by atoms with Crippen molar-refractivity contribution < 1.29 is 8.81 Å². The van der Waals surface area contributed by atoms with Gasteiger partial charge < -0.3 is 4.42 Å². The van der Waals surface area contributed by atoms with Crippen LogP contribution in [-0.4, -0.2) is 6.67 Å². The first-order chi connectivity index (χ1) is 6.81. The van der Waals surface area contributed by atoms with E-state index in [1.54, 1.807) is 24.3 Å². The smallest absolute Gasteiger partial charge is 0.192 e. The Morgan fingerprint density at radius 3 is 2.86 bits per heavy atom. The Morgan fingerprint density at radius 2 is 2.07 bits per heavy atom. The Balaban J connectivity index is 2.66. The first-order valence-corrected chi connectivity index (χ1v) is 4.39. The predicted octanol–water partition coefficient (Wildman–Crippen LogP) is 2.31. The normalized spacial score (nSPS) is 10.6. The quantitative estimate of drug-likeness (QED) is 0.730. The molecule has 1 aromatic heterocycles. The Hall–Kier alpha value is -1.64. The molecule has 0 bridgehead atoms. The molecule has 0 amide bonds. The van der Waals surface area contributed by atoms with Crippen LogP contribution in [0.5, 0.6) is 0 Å². The maximum atomic E-state index is 12.0. The highest BCUT2D eigenvalue weighted by molar-refractivity contribution is 5.76. The molecule has 0 atom stereocenters. The van der Waals surface area contributed by atoms with Crippen molar-refractivity contribution in [3.8, 4) is 0 Å². The predicted molar refractivity (Wildman–Crippen MR) is 52.2 cm³/mol. The van der Waals surface area contributed by atoms with Gasteiger partial charge in [-0.1, -0.05) is 12.1 Å². The van der Waals surface area contributed by atoms with Gasteiger partial charge in [-0.25, -0.2) is 0 Å². The molecule has 1 heterocycles. The third-order valence-corrected chi connectivity index (χ3v) is 2.03. The Labute approximate surface area is 80.0 Å². The Kier molecular flexibility index (Phi) is 2.31. The van der Waals surface area contributed by atoms with Crippen LogP contribution in [0.15, 0.2) is 39.5 Å². The van der Waals surface area contributed by atoms with E-state index >= 15 is 0 Å². The van der Waals surface area contributed by atoms with Gasteiger partial charge in [-0.2, -0.15) is 0 Å². The van der Waals surface area contributed by atoms with Crippen LogP contribution in [0.4, 0.5) is 4.39 Å². The number of rotatable bonds is 2. The van der Waals surface area contributed by atoms with Crippen molar-refractivity contribution in [1.29, 1.82) is 0 Å². The van der Waals surface area contributed by atoms with E-state index < -0.39 is 6.67 Å². The lowest BCUT2D eigenvalue weighted by atomic mass is 10.2. The maximum Gasteiger partial charge on any atom is 0.192 e. The van der Waals surface area contributed by atoms with Gasteiger partial charge in [-0.15, -0.1) is 0 Å². The second kappa shape index (κ2) is 3.62. The zero-order valence-electron chi connectivity index (χ0n) is 7.50. The summed E-state index contributed by atoms with van der Waals surface area (Å²) in [5.41, 5.74) is 0.402. The molecule has 0 N–H and O–H groups in total. The average Bonchev–Trinajstić information content (AvgIpc) is 2.18. The molecule has 0 spiro atoms. The Bertz CT molecular complexity index is 502. The molecule has 2 rings (SSSR count). The molecule has 0 unspecified atom stereocenters. The van der Waals surface area contributed by atoms with Crippen LogP contribution in [0.2, 0.25) is 0 Å². The summed E-state index contributed by atoms with van der Waals surface area (Å²) in [5, 5.41) is 0.537. The van der Waals surface area contributed by atoms with E-state index in [0.717, 1.165) is 0 Å². The van der Waals surface area contributed by atoms with Crippen LogP contribution < -0.4 is 5.43 Å². The topological polar surface area (TPSA) is 30.2 Å². The molecule has 2 nitrogen and oxygen atoms in total. The van der Waals surface area contributed by atoms with Crippen LogP contribution in [-0.2, 0) is 6.42 Å². The van der Waals surface area contributed by atoms with Crippen molar-refractivity contribution in [3.63, 3.8) is 0 Å². The van der Waals surface area contributed by atoms with Gasteiger partial charge in [-0.3, -0.25) is 9.18 Å². The standard InChI is InChI=1S/C11H9FO2/c12-6-5-8-7-10(13)9-3-1-2-4-11(9)14-8/h1-4,7H,5-6H2. The average molecular weight is 192 g/mol. The zero-order chi connectivity index (χ0) is 9.97. The summed E-state index contributed by atoms with van der Waals surface area (Å²) in [6.07, 6.45) is 0.153. The van der Waals surface area contributed by atoms with E-state index in [1.807, 2.05) is 0 Å². The van der Waals surface area contributed by atoms with Crippen molar-refractivity contribution >= 4 is 11.0 Å². The van der Waals surface area contributed by atoms with Crippen molar-refractivity contribution in [3.05, 3.63) is 46.3 Å². The fourth-order valence-corrected chi connectivity index (χ4v) is 1.37. The zero-order valence-corrected chi connectivity index (χ0v) is 7.50. The van der Waals surface area contributed by atoms with Gasteiger partial charge in [0.05, 0.1) is 12.1 Å². The number of alkyl halides is 1. The molecule has 3 heteroatoms. The highest BCUT2D eigenvalue weighted by atomic mass is 19.1. The summed E-state index contributed by atoms with van der Waals surface area (Å²) in [6, 6.07) is 8.30. The second-order valence-corrected chi connectivity index (χ2v) is 3.01. The highest BCUT2D eigenvalue weighted by Gasteiger charge is 2.02. The highest BCUT2D eigenvalue weighted by Crippen LogP contribution is 2.11. The molecule has 0 radical (unpaired) electrons. The van der Waals surface area contributed by atoms with Crippen molar-refractivity contribution in [2.75, 3.05) is 6.67 Å². The maximum absolute atomic E-state index is 12.0. The van der Waals surface area contributed by atoms with E-state index in [0.29, 0.717) is 16.7 Å². The lowest BCUT2D eigenvalue weighted by molar-refractivity contribution is 0.447. The van der Waals surface area contributed by atoms with Crippen molar-refractivity contribution in [1.82, 2.24) is 0 Å². The molecule has 0 fully saturated rings. The van der Waals surface area contributed by atoms with E-state index in [-0.39, 0.29) is 11.8 Å². The minimum absolute atomic E-state index is 0.115. The summed E-state index contributed by atoms with van der Waals surface area (Å²) in [6.45, 7) is -0.513. The van der Waals surface area contributed by atoms with Crippen LogP contribution >= 0.6 is 0 Å². The van der Waals surface area contributed by atoms with Crippen LogP contribution in [0.25, 0.3) is 11.0 Å². The minimum atomic E-state index is -0.513. The Morgan fingerprint density at radius 1 is 1.29 bits per heavy atom. The fourth-order valence-electron chi connectivity index (χ4n) is 1.37. The van der Waals surface area contributed by atoms with E-state index in [1.165, 1.54) is 6.07 Å². The van der Waals surface area contributed by atoms with Gasteiger partial charge in [-0.05, 0) is 12.1 Å². The number of fused-ring (bicyclic) bond motifs is 1. The molecular formula is C11H9FO2. The van der Waals surface area contributed by atoms with Crippen molar-refractivity contribution in [2.24, 2.45) is 0 Å². The number of benzene rings is 1. The number of para-hydroxylation sites is 1. The molecule has 0 aliphatic heterocycles. The molecule has 0 aliphatic rings. The summed E-state index contributed by atoms with van der Waals surface area (Å²) >= 11 is 0. The van der Waals surface area contributed by atoms with Gasteiger partial charge in [0.2, 0.25) is 0 Å². The SMILES string of the molecule is O=c1cc(CCF)oc2ccccc12. The van der Waals surface area contributed by atoms with Gasteiger partial charge in [0.15, 0.2) is 5.43 Å². The molecular weight excluding hydrogens is 183 g/mol. The molecule has 1 aromatic carbocycles. The van der Waals surface area contributed by atoms with E-state index in [2.05, 4.69) is 0 Å². The lowest BCUT2D eigenvalue weighted by Gasteiger charge is -1.99. The monoisotopic (exact) mass is 192 g/mol. The molecule has 0 saturated heterocycles. The van der Waals surface area contributed by atoms with Gasteiger partial charge in [0, 0.05) is 12.5 Å². The van der Waals surface area contributed by atoms with Gasteiger partial charge >= 0.3 is 0 Å². The number of aryl methyl sites for hydroxylation is 1. The summed E-state index contributed by atoms with van der Waals surface area (Å²) in [4.78, 5) is 11.5. The number of hydrogen-bond donors (Lipinski definition) is 0. The number of halogens is 1. The van der Waals surface area contributed by atoms with Crippen LogP contribution in [0, 0.1) is 0 Å². The molecule has 0 saturated carbocycles. The summed E-state index contributed by atoms with van der Waals surface area (Å²) in [7, 11) is 0. The fraction of sp³-hybridized carbons (Fsp3) is 0.182. The molecule has 2 aromatic rings. The summed E-state index contributed by atoms with van der Waals surface area (Å²) in [5.74, 6) is 0.399. The van der Waals surface area contributed by atoms with Crippen LogP contribution in [0.3, 0.4) is 0 Å². The van der Waals surface area contributed by atoms with Gasteiger partial charge in [0.25, 0.3) is 0 Å². The first kappa shape index (κ1) is 8.94. The van der Waals surface area contributed by atoms with E-state index in [4.69, 9.17) is 4.42 Å². The molecule has 14 heavy (non-hydrogen) atoms. The summed E-state index contributed by atoms with van der Waals surface area (Å²) < 4.78 is 17.4. The molecule has 0 aliphatic carbocycles. The largest absolute Gasteiger partial charge is 0.461 e. The first-order valence-electron chi connectivity index (χ1n) is 4.39. The van der Waals surface area contributed by atoms with Gasteiger partial charge in [0.1, 0.15) is 11.3 Å². The number of hydrogen-bond acceptors (Lipinski definition) is 2. The minimum Gasteiger partial charge on any atom is -0.461 e. The third kappa shape index (κ3) is 1.53. The van der Waals surface area contributed by atoms with E-state index in [9.17, 15) is 9.18 Å². The lowest BCUT2D eigenvalue weighted by Crippen LogP contribution is -2.02. The molecule has 72 valence electrons.